The van der Waals surface area contributed by atoms with Gasteiger partial charge in [0.25, 0.3) is 0 Å². The van der Waals surface area contributed by atoms with Crippen molar-refractivity contribution in [1.82, 2.24) is 14.9 Å². The summed E-state index contributed by atoms with van der Waals surface area (Å²) in [6, 6.07) is 10.3. The third-order valence-electron chi connectivity index (χ3n) is 4.84. The van der Waals surface area contributed by atoms with Gasteiger partial charge >= 0.3 is 0 Å². The van der Waals surface area contributed by atoms with Gasteiger partial charge in [-0.05, 0) is 41.5 Å². The highest BCUT2D eigenvalue weighted by Crippen LogP contribution is 2.35. The molecule has 1 saturated heterocycles. The molecule has 0 aliphatic carbocycles. The van der Waals surface area contributed by atoms with Crippen LogP contribution in [0.3, 0.4) is 0 Å². The van der Waals surface area contributed by atoms with Crippen LogP contribution >= 0.6 is 34.8 Å². The van der Waals surface area contributed by atoms with Gasteiger partial charge in [-0.15, -0.1) is 23.2 Å². The molecule has 0 spiro atoms. The molecule has 0 radical (unpaired) electrons. The van der Waals surface area contributed by atoms with Gasteiger partial charge < -0.3 is 4.90 Å². The fourth-order valence-corrected chi connectivity index (χ4v) is 3.26. The molecule has 0 unspecified atom stereocenters. The standard InChI is InChI=1S/C18H20ClN3O.C2H2Cl2O.3CH4/c1-18(7-11-22(12-8-18)16(23)13-19)15-5-3-14(4-6-15)17-20-9-2-10-21-17;3-1-2(4)5;;;/h2-6,9-10H,7-8,11-13H2,1H3;1H2;3*1H4. The van der Waals surface area contributed by atoms with Crippen molar-refractivity contribution in [2.75, 3.05) is 24.8 Å². The zero-order chi connectivity index (χ0) is 20.6. The lowest BCUT2D eigenvalue weighted by molar-refractivity contribution is -0.130. The number of amides is 1. The maximum Gasteiger partial charge on any atom is 0.237 e. The Morgan fingerprint density at radius 2 is 1.45 bits per heavy atom. The molecule has 2 heterocycles. The highest BCUT2D eigenvalue weighted by Gasteiger charge is 2.33. The summed E-state index contributed by atoms with van der Waals surface area (Å²) >= 11 is 15.2. The highest BCUT2D eigenvalue weighted by atomic mass is 35.5. The Balaban J connectivity index is 0. The normalized spacial score (nSPS) is 13.9. The van der Waals surface area contributed by atoms with Crippen molar-refractivity contribution in [3.05, 3.63) is 48.3 Å². The van der Waals surface area contributed by atoms with E-state index in [1.807, 2.05) is 11.0 Å². The Morgan fingerprint density at radius 3 is 1.87 bits per heavy atom. The number of aromatic nitrogens is 2. The number of benzene rings is 1. The number of carbonyl (C=O) groups is 2. The molecule has 0 saturated carbocycles. The van der Waals surface area contributed by atoms with Crippen molar-refractivity contribution < 1.29 is 9.59 Å². The molecule has 1 aliphatic heterocycles. The van der Waals surface area contributed by atoms with Gasteiger partial charge in [-0.2, -0.15) is 0 Å². The summed E-state index contributed by atoms with van der Waals surface area (Å²) in [7, 11) is 0. The largest absolute Gasteiger partial charge is 0.342 e. The SMILES string of the molecule is C.C.C.CC1(c2ccc(-c3ncccn3)cc2)CCN(C(=O)CCl)CC1.O=C(Cl)CCl. The molecule has 1 aliphatic rings. The van der Waals surface area contributed by atoms with Gasteiger partial charge in [0, 0.05) is 31.0 Å². The third-order valence-corrected chi connectivity index (χ3v) is 5.59. The van der Waals surface area contributed by atoms with Crippen LogP contribution in [0.15, 0.2) is 42.7 Å². The van der Waals surface area contributed by atoms with Crippen LogP contribution in [0.5, 0.6) is 0 Å². The molecular formula is C23H34Cl3N3O2. The van der Waals surface area contributed by atoms with Crippen molar-refractivity contribution in [2.45, 2.75) is 47.5 Å². The maximum absolute atomic E-state index is 11.7. The van der Waals surface area contributed by atoms with Crippen LogP contribution in [-0.2, 0) is 15.0 Å². The minimum absolute atomic E-state index is 0. The fourth-order valence-electron chi connectivity index (χ4n) is 3.09. The predicted molar refractivity (Wildman–Crippen MR) is 133 cm³/mol. The Bertz CT molecular complexity index is 778. The van der Waals surface area contributed by atoms with Crippen molar-refractivity contribution >= 4 is 46.0 Å². The number of alkyl halides is 2. The number of carbonyl (C=O) groups excluding carboxylic acids is 2. The number of hydrogen-bond donors (Lipinski definition) is 0. The molecule has 5 nitrogen and oxygen atoms in total. The van der Waals surface area contributed by atoms with Gasteiger partial charge in [-0.3, -0.25) is 9.59 Å². The van der Waals surface area contributed by atoms with E-state index in [9.17, 15) is 9.59 Å². The van der Waals surface area contributed by atoms with Crippen LogP contribution < -0.4 is 0 Å². The van der Waals surface area contributed by atoms with Crippen LogP contribution in [-0.4, -0.2) is 50.9 Å². The lowest BCUT2D eigenvalue weighted by atomic mass is 9.74. The van der Waals surface area contributed by atoms with Gasteiger partial charge in [-0.1, -0.05) is 53.5 Å². The minimum atomic E-state index is -0.508. The van der Waals surface area contributed by atoms with E-state index in [-0.39, 0.29) is 45.4 Å². The van der Waals surface area contributed by atoms with Gasteiger partial charge in [0.2, 0.25) is 11.1 Å². The number of hydrogen-bond acceptors (Lipinski definition) is 4. The number of nitrogens with zero attached hydrogens (tertiary/aromatic N) is 3. The molecule has 0 bridgehead atoms. The number of halogens is 3. The molecule has 31 heavy (non-hydrogen) atoms. The first-order chi connectivity index (χ1) is 13.4. The first-order valence-electron chi connectivity index (χ1n) is 8.85. The second kappa shape index (κ2) is 15.2. The summed E-state index contributed by atoms with van der Waals surface area (Å²) in [5.41, 5.74) is 2.42. The topological polar surface area (TPSA) is 63.2 Å². The third kappa shape index (κ3) is 9.14. The molecule has 8 heteroatoms. The molecule has 1 aromatic heterocycles. The summed E-state index contributed by atoms with van der Waals surface area (Å²) in [6.45, 7) is 3.81. The van der Waals surface area contributed by atoms with Crippen LogP contribution in [0.4, 0.5) is 0 Å². The lowest BCUT2D eigenvalue weighted by Gasteiger charge is -2.39. The summed E-state index contributed by atoms with van der Waals surface area (Å²) < 4.78 is 0. The van der Waals surface area contributed by atoms with Crippen molar-refractivity contribution in [1.29, 1.82) is 0 Å². The molecule has 0 N–H and O–H groups in total. The quantitative estimate of drug-likeness (QED) is 0.380. The molecule has 0 atom stereocenters. The van der Waals surface area contributed by atoms with Crippen molar-refractivity contribution in [3.8, 4) is 11.4 Å². The fraction of sp³-hybridized carbons (Fsp3) is 0.478. The monoisotopic (exact) mass is 489 g/mol. The molecule has 174 valence electrons. The summed E-state index contributed by atoms with van der Waals surface area (Å²) in [5.74, 6) is 0.751. The van der Waals surface area contributed by atoms with E-state index in [2.05, 4.69) is 41.2 Å². The van der Waals surface area contributed by atoms with E-state index in [1.165, 1.54) is 5.56 Å². The molecular weight excluding hydrogens is 457 g/mol. The average Bonchev–Trinajstić information content (AvgIpc) is 2.75. The maximum atomic E-state index is 11.7. The van der Waals surface area contributed by atoms with Crippen LogP contribution in [0.2, 0.25) is 0 Å². The Labute approximate surface area is 202 Å². The van der Waals surface area contributed by atoms with E-state index >= 15 is 0 Å². The van der Waals surface area contributed by atoms with E-state index < -0.39 is 5.24 Å². The van der Waals surface area contributed by atoms with Crippen LogP contribution in [0, 0.1) is 0 Å². The average molecular weight is 491 g/mol. The van der Waals surface area contributed by atoms with Gasteiger partial charge in [0.05, 0.1) is 5.88 Å². The van der Waals surface area contributed by atoms with Crippen LogP contribution in [0.1, 0.15) is 47.6 Å². The van der Waals surface area contributed by atoms with Gasteiger partial charge in [0.15, 0.2) is 5.82 Å². The summed E-state index contributed by atoms with van der Waals surface area (Å²) in [6.07, 6.45) is 5.41. The molecule has 1 aromatic carbocycles. The van der Waals surface area contributed by atoms with Gasteiger partial charge in [-0.25, -0.2) is 9.97 Å². The predicted octanol–water partition coefficient (Wildman–Crippen LogP) is 6.16. The van der Waals surface area contributed by atoms with E-state index in [0.29, 0.717) is 0 Å². The molecule has 2 aromatic rings. The minimum Gasteiger partial charge on any atom is -0.342 e. The Morgan fingerprint density at radius 1 is 0.968 bits per heavy atom. The zero-order valence-electron chi connectivity index (χ0n) is 15.6. The number of likely N-dealkylation sites (tertiary alicyclic amines) is 1. The summed E-state index contributed by atoms with van der Waals surface area (Å²) in [5, 5.41) is -0.508. The number of rotatable bonds is 4. The molecule has 1 amide bonds. The second-order valence-corrected chi connectivity index (χ2v) is 7.67. The summed E-state index contributed by atoms with van der Waals surface area (Å²) in [4.78, 5) is 31.6. The molecule has 1 fully saturated rings. The Kier molecular flexibility index (Phi) is 15.4. The van der Waals surface area contributed by atoms with E-state index in [1.54, 1.807) is 12.4 Å². The zero-order valence-corrected chi connectivity index (χ0v) is 17.8. The smallest absolute Gasteiger partial charge is 0.237 e. The van der Waals surface area contributed by atoms with Crippen molar-refractivity contribution in [3.63, 3.8) is 0 Å². The second-order valence-electron chi connectivity index (χ2n) is 6.71. The van der Waals surface area contributed by atoms with Crippen molar-refractivity contribution in [2.24, 2.45) is 0 Å². The van der Waals surface area contributed by atoms with Crippen LogP contribution in [0.25, 0.3) is 11.4 Å². The number of piperidine rings is 1. The van der Waals surface area contributed by atoms with Gasteiger partial charge in [0.1, 0.15) is 5.88 Å². The van der Waals surface area contributed by atoms with E-state index in [0.717, 1.165) is 37.3 Å². The first-order valence-corrected chi connectivity index (χ1v) is 10.3. The van der Waals surface area contributed by atoms with E-state index in [4.69, 9.17) is 34.8 Å². The lowest BCUT2D eigenvalue weighted by Crippen LogP contribution is -2.44. The Hall–Kier alpha value is -1.69. The highest BCUT2D eigenvalue weighted by molar-refractivity contribution is 6.67. The molecule has 3 rings (SSSR count). The first kappa shape index (κ1) is 31.5.